The molecule has 6 nitrogen and oxygen atoms in total. The van der Waals surface area contributed by atoms with Crippen LogP contribution >= 0.6 is 0 Å². The molecule has 3 heterocycles. The van der Waals surface area contributed by atoms with Crippen molar-refractivity contribution < 1.29 is 9.90 Å². The third kappa shape index (κ3) is 4.30. The van der Waals surface area contributed by atoms with Crippen molar-refractivity contribution in [3.63, 3.8) is 0 Å². The van der Waals surface area contributed by atoms with Crippen LogP contribution in [0.1, 0.15) is 39.3 Å². The number of nitrogens with one attached hydrogen (secondary N) is 1. The monoisotopic (exact) mass is 356 g/mol. The molecule has 0 aromatic carbocycles. The van der Waals surface area contributed by atoms with Crippen molar-refractivity contribution in [2.24, 2.45) is 5.92 Å². The highest BCUT2D eigenvalue weighted by atomic mass is 16.3. The highest BCUT2D eigenvalue weighted by Crippen LogP contribution is 2.30. The molecular formula is C20H28N4O2. The third-order valence-electron chi connectivity index (χ3n) is 4.77. The van der Waals surface area contributed by atoms with Gasteiger partial charge in [-0.2, -0.15) is 0 Å². The lowest BCUT2D eigenvalue weighted by Gasteiger charge is -2.38. The van der Waals surface area contributed by atoms with E-state index in [-0.39, 0.29) is 18.4 Å². The Bertz CT molecular complexity index is 800. The minimum Gasteiger partial charge on any atom is -0.390 e. The van der Waals surface area contributed by atoms with Crippen LogP contribution in [0.3, 0.4) is 0 Å². The normalized spacial score (nSPS) is 21.0. The van der Waals surface area contributed by atoms with Crippen LogP contribution in [0.4, 0.5) is 5.69 Å². The molecule has 2 aromatic rings. The fourth-order valence-electron chi connectivity index (χ4n) is 3.77. The average Bonchev–Trinajstić information content (AvgIpc) is 2.53. The molecular weight excluding hydrogens is 328 g/mol. The van der Waals surface area contributed by atoms with E-state index in [0.717, 1.165) is 41.8 Å². The number of hydrogen-bond acceptors (Lipinski definition) is 5. The second-order valence-corrected chi connectivity index (χ2v) is 8.13. The Morgan fingerprint density at radius 1 is 1.38 bits per heavy atom. The number of hydrogen-bond donors (Lipinski definition) is 2. The second-order valence-electron chi connectivity index (χ2n) is 8.13. The number of aromatic nitrogens is 2. The second kappa shape index (κ2) is 7.19. The van der Waals surface area contributed by atoms with E-state index in [1.807, 2.05) is 19.2 Å². The number of nitrogens with zero attached hydrogens (tertiary/aromatic N) is 3. The maximum absolute atomic E-state index is 12.2. The quantitative estimate of drug-likeness (QED) is 0.880. The lowest BCUT2D eigenvalue weighted by atomic mass is 9.94. The van der Waals surface area contributed by atoms with Gasteiger partial charge in [0.2, 0.25) is 5.91 Å². The lowest BCUT2D eigenvalue weighted by molar-refractivity contribution is -0.125. The lowest BCUT2D eigenvalue weighted by Crippen LogP contribution is -2.51. The topological polar surface area (TPSA) is 78.4 Å². The molecule has 1 aliphatic heterocycles. The highest BCUT2D eigenvalue weighted by molar-refractivity contribution is 5.92. The molecule has 1 aliphatic rings. The predicted molar refractivity (Wildman–Crippen MR) is 103 cm³/mol. The summed E-state index contributed by atoms with van der Waals surface area (Å²) in [7, 11) is 0. The standard InChI is InChI=1S/C20H28N4O2/c1-13-8-15(23-18(25)9-20(3,4)26)12-24(11-13)17-10-22-14(2)19-16(17)6-5-7-21-19/h5-7,10,13,15,26H,8-9,11-12H2,1-4H3,(H,23,25)/t13-,15+/m0/s1. The molecule has 0 spiro atoms. The summed E-state index contributed by atoms with van der Waals surface area (Å²) in [6.07, 6.45) is 4.74. The zero-order chi connectivity index (χ0) is 18.9. The highest BCUT2D eigenvalue weighted by Gasteiger charge is 2.28. The molecule has 0 unspecified atom stereocenters. The molecule has 0 radical (unpaired) electrons. The van der Waals surface area contributed by atoms with Gasteiger partial charge in [-0.05, 0) is 45.2 Å². The summed E-state index contributed by atoms with van der Waals surface area (Å²) >= 11 is 0. The SMILES string of the molecule is Cc1ncc(N2C[C@@H](C)C[C@@H](NC(=O)CC(C)(C)O)C2)c2cccnc12. The molecule has 140 valence electrons. The van der Waals surface area contributed by atoms with Gasteiger partial charge in [0.15, 0.2) is 0 Å². The van der Waals surface area contributed by atoms with Gasteiger partial charge < -0.3 is 15.3 Å². The number of rotatable bonds is 4. The number of carbonyl (C=O) groups excluding carboxylic acids is 1. The fourth-order valence-corrected chi connectivity index (χ4v) is 3.77. The van der Waals surface area contributed by atoms with Crippen LogP contribution in [-0.2, 0) is 4.79 Å². The zero-order valence-electron chi connectivity index (χ0n) is 16.0. The Kier molecular flexibility index (Phi) is 5.14. The Morgan fingerprint density at radius 3 is 2.88 bits per heavy atom. The van der Waals surface area contributed by atoms with Crippen molar-refractivity contribution in [2.45, 2.75) is 52.2 Å². The summed E-state index contributed by atoms with van der Waals surface area (Å²) in [5.41, 5.74) is 1.91. The number of piperidine rings is 1. The first-order chi connectivity index (χ1) is 12.2. The van der Waals surface area contributed by atoms with E-state index < -0.39 is 5.60 Å². The largest absolute Gasteiger partial charge is 0.390 e. The minimum absolute atomic E-state index is 0.0571. The molecule has 0 saturated carbocycles. The van der Waals surface area contributed by atoms with E-state index >= 15 is 0 Å². The Hall–Kier alpha value is -2.21. The molecule has 2 atom stereocenters. The van der Waals surface area contributed by atoms with Crippen LogP contribution in [0.2, 0.25) is 0 Å². The van der Waals surface area contributed by atoms with Gasteiger partial charge in [-0.1, -0.05) is 6.92 Å². The summed E-state index contributed by atoms with van der Waals surface area (Å²) < 4.78 is 0. The number of aliphatic hydroxyl groups is 1. The van der Waals surface area contributed by atoms with Crippen molar-refractivity contribution in [2.75, 3.05) is 18.0 Å². The van der Waals surface area contributed by atoms with Crippen molar-refractivity contribution in [3.8, 4) is 0 Å². The van der Waals surface area contributed by atoms with Crippen LogP contribution in [0, 0.1) is 12.8 Å². The Labute approximate surface area is 154 Å². The maximum atomic E-state index is 12.2. The molecule has 26 heavy (non-hydrogen) atoms. The minimum atomic E-state index is -0.993. The van der Waals surface area contributed by atoms with Gasteiger partial charge in [0.1, 0.15) is 0 Å². The number of aryl methyl sites for hydroxylation is 1. The first kappa shape index (κ1) is 18.6. The van der Waals surface area contributed by atoms with E-state index in [9.17, 15) is 9.90 Å². The summed E-state index contributed by atoms with van der Waals surface area (Å²) in [4.78, 5) is 23.5. The Morgan fingerprint density at radius 2 is 2.15 bits per heavy atom. The van der Waals surface area contributed by atoms with E-state index in [0.29, 0.717) is 5.92 Å². The van der Waals surface area contributed by atoms with Gasteiger partial charge in [0.25, 0.3) is 0 Å². The first-order valence-corrected chi connectivity index (χ1v) is 9.20. The van der Waals surface area contributed by atoms with E-state index in [1.165, 1.54) is 0 Å². The molecule has 6 heteroatoms. The van der Waals surface area contributed by atoms with Crippen molar-refractivity contribution in [3.05, 3.63) is 30.2 Å². The molecule has 1 saturated heterocycles. The van der Waals surface area contributed by atoms with Gasteiger partial charge in [-0.3, -0.25) is 14.8 Å². The predicted octanol–water partition coefficient (Wildman–Crippen LogP) is 2.43. The molecule has 2 N–H and O–H groups in total. The van der Waals surface area contributed by atoms with Crippen molar-refractivity contribution >= 4 is 22.5 Å². The molecule has 0 bridgehead atoms. The summed E-state index contributed by atoms with van der Waals surface area (Å²) in [5, 5.41) is 14.0. The van der Waals surface area contributed by atoms with Crippen molar-refractivity contribution in [1.82, 2.24) is 15.3 Å². The number of fused-ring (bicyclic) bond motifs is 1. The summed E-state index contributed by atoms with van der Waals surface area (Å²) in [5.74, 6) is 0.342. The maximum Gasteiger partial charge on any atom is 0.223 e. The van der Waals surface area contributed by atoms with Crippen LogP contribution < -0.4 is 10.2 Å². The fraction of sp³-hybridized carbons (Fsp3) is 0.550. The van der Waals surface area contributed by atoms with Crippen LogP contribution in [0.15, 0.2) is 24.5 Å². The zero-order valence-corrected chi connectivity index (χ0v) is 16.0. The molecule has 0 aliphatic carbocycles. The number of carbonyl (C=O) groups is 1. The van der Waals surface area contributed by atoms with Crippen LogP contribution in [0.5, 0.6) is 0 Å². The van der Waals surface area contributed by atoms with E-state index in [4.69, 9.17) is 0 Å². The van der Waals surface area contributed by atoms with E-state index in [2.05, 4.69) is 33.2 Å². The van der Waals surface area contributed by atoms with Crippen molar-refractivity contribution in [1.29, 1.82) is 0 Å². The van der Waals surface area contributed by atoms with E-state index in [1.54, 1.807) is 20.0 Å². The number of anilines is 1. The molecule has 2 aromatic heterocycles. The first-order valence-electron chi connectivity index (χ1n) is 9.20. The average molecular weight is 356 g/mol. The van der Waals surface area contributed by atoms with Crippen LogP contribution in [-0.4, -0.2) is 45.7 Å². The smallest absolute Gasteiger partial charge is 0.223 e. The van der Waals surface area contributed by atoms with Gasteiger partial charge in [-0.15, -0.1) is 0 Å². The third-order valence-corrected chi connectivity index (χ3v) is 4.77. The molecule has 3 rings (SSSR count). The van der Waals surface area contributed by atoms with Gasteiger partial charge in [0, 0.05) is 30.7 Å². The number of pyridine rings is 2. The molecule has 1 fully saturated rings. The van der Waals surface area contributed by atoms with Gasteiger partial charge in [-0.25, -0.2) is 0 Å². The Balaban J connectivity index is 1.81. The van der Waals surface area contributed by atoms with Gasteiger partial charge >= 0.3 is 0 Å². The molecule has 1 amide bonds. The summed E-state index contributed by atoms with van der Waals surface area (Å²) in [6, 6.07) is 4.08. The van der Waals surface area contributed by atoms with Gasteiger partial charge in [0.05, 0.1) is 35.1 Å². The van der Waals surface area contributed by atoms with Crippen LogP contribution in [0.25, 0.3) is 10.9 Å². The summed E-state index contributed by atoms with van der Waals surface area (Å²) in [6.45, 7) is 9.13. The number of amides is 1.